The van der Waals surface area contributed by atoms with E-state index < -0.39 is 0 Å². The lowest BCUT2D eigenvalue weighted by Gasteiger charge is -2.21. The van der Waals surface area contributed by atoms with Crippen molar-refractivity contribution >= 4 is 5.84 Å². The summed E-state index contributed by atoms with van der Waals surface area (Å²) in [4.78, 5) is 2.02. The van der Waals surface area contributed by atoms with Gasteiger partial charge in [0.1, 0.15) is 11.7 Å². The fourth-order valence-corrected chi connectivity index (χ4v) is 1.83. The summed E-state index contributed by atoms with van der Waals surface area (Å²) in [6.07, 6.45) is 0. The van der Waals surface area contributed by atoms with E-state index in [9.17, 15) is 4.39 Å². The lowest BCUT2D eigenvalue weighted by Crippen LogP contribution is -2.32. The lowest BCUT2D eigenvalue weighted by atomic mass is 10.1. The molecule has 0 saturated heterocycles. The maximum Gasteiger partial charge on any atom is 0.143 e. The van der Waals surface area contributed by atoms with Crippen LogP contribution in [-0.2, 0) is 6.54 Å². The summed E-state index contributed by atoms with van der Waals surface area (Å²) < 4.78 is 13.2. The summed E-state index contributed by atoms with van der Waals surface area (Å²) in [6.45, 7) is 5.11. The molecular formula is C13H20FN3O. The molecule has 0 spiro atoms. The average Bonchev–Trinajstić information content (AvgIpc) is 2.32. The molecule has 0 amide bonds. The molecule has 0 radical (unpaired) electrons. The summed E-state index contributed by atoms with van der Waals surface area (Å²) in [7, 11) is 1.92. The second kappa shape index (κ2) is 6.35. The molecular weight excluding hydrogens is 233 g/mol. The highest BCUT2D eigenvalue weighted by molar-refractivity contribution is 5.82. The minimum Gasteiger partial charge on any atom is -0.409 e. The Morgan fingerprint density at radius 2 is 2.22 bits per heavy atom. The van der Waals surface area contributed by atoms with Crippen LogP contribution in [0.5, 0.6) is 0 Å². The summed E-state index contributed by atoms with van der Waals surface area (Å²) in [6, 6.07) is 4.77. The first kappa shape index (κ1) is 14.4. The fraction of sp³-hybridized carbons (Fsp3) is 0.462. The summed E-state index contributed by atoms with van der Waals surface area (Å²) in [5.41, 5.74) is 7.53. The van der Waals surface area contributed by atoms with E-state index in [0.29, 0.717) is 13.1 Å². The monoisotopic (exact) mass is 253 g/mol. The molecule has 1 rings (SSSR count). The third-order valence-corrected chi connectivity index (χ3v) is 2.96. The molecule has 0 bridgehead atoms. The topological polar surface area (TPSA) is 61.8 Å². The van der Waals surface area contributed by atoms with Gasteiger partial charge in [-0.1, -0.05) is 18.1 Å². The molecule has 0 heterocycles. The van der Waals surface area contributed by atoms with Crippen molar-refractivity contribution in [3.8, 4) is 0 Å². The number of oxime groups is 1. The van der Waals surface area contributed by atoms with E-state index in [0.717, 1.165) is 11.1 Å². The second-order valence-electron chi connectivity index (χ2n) is 4.69. The Hall–Kier alpha value is -1.62. The number of nitrogens with zero attached hydrogens (tertiary/aromatic N) is 2. The van der Waals surface area contributed by atoms with Gasteiger partial charge in [-0.3, -0.25) is 0 Å². The second-order valence-corrected chi connectivity index (χ2v) is 4.69. The highest BCUT2D eigenvalue weighted by Gasteiger charge is 2.12. The molecule has 5 heteroatoms. The predicted molar refractivity (Wildman–Crippen MR) is 70.0 cm³/mol. The molecule has 100 valence electrons. The first-order valence-corrected chi connectivity index (χ1v) is 5.85. The van der Waals surface area contributed by atoms with Gasteiger partial charge in [-0.05, 0) is 37.2 Å². The molecule has 0 aliphatic carbocycles. The molecule has 1 atom stereocenters. The van der Waals surface area contributed by atoms with Gasteiger partial charge in [0.05, 0.1) is 0 Å². The predicted octanol–water partition coefficient (Wildman–Crippen LogP) is 1.95. The van der Waals surface area contributed by atoms with E-state index in [2.05, 4.69) is 5.16 Å². The number of benzene rings is 1. The van der Waals surface area contributed by atoms with Crippen molar-refractivity contribution in [1.82, 2.24) is 4.90 Å². The van der Waals surface area contributed by atoms with Crippen LogP contribution in [-0.4, -0.2) is 29.5 Å². The highest BCUT2D eigenvalue weighted by Crippen LogP contribution is 2.13. The largest absolute Gasteiger partial charge is 0.409 e. The van der Waals surface area contributed by atoms with Gasteiger partial charge in [0.25, 0.3) is 0 Å². The molecule has 3 N–H and O–H groups in total. The van der Waals surface area contributed by atoms with Gasteiger partial charge in [-0.15, -0.1) is 0 Å². The Labute approximate surface area is 107 Å². The van der Waals surface area contributed by atoms with Crippen molar-refractivity contribution in [3.05, 3.63) is 35.1 Å². The van der Waals surface area contributed by atoms with Crippen LogP contribution < -0.4 is 5.73 Å². The molecule has 0 fully saturated rings. The van der Waals surface area contributed by atoms with E-state index in [1.165, 1.54) is 6.07 Å². The van der Waals surface area contributed by atoms with E-state index in [1.54, 1.807) is 12.1 Å². The Morgan fingerprint density at radius 3 is 2.83 bits per heavy atom. The van der Waals surface area contributed by atoms with Crippen molar-refractivity contribution in [2.45, 2.75) is 20.4 Å². The van der Waals surface area contributed by atoms with Crippen molar-refractivity contribution in [2.75, 3.05) is 13.6 Å². The van der Waals surface area contributed by atoms with Crippen LogP contribution in [0.2, 0.25) is 0 Å². The molecule has 0 saturated carbocycles. The van der Waals surface area contributed by atoms with Crippen LogP contribution in [0.3, 0.4) is 0 Å². The van der Waals surface area contributed by atoms with Crippen LogP contribution in [0.1, 0.15) is 18.1 Å². The highest BCUT2D eigenvalue weighted by atomic mass is 19.1. The van der Waals surface area contributed by atoms with E-state index in [4.69, 9.17) is 10.9 Å². The smallest absolute Gasteiger partial charge is 0.143 e. The van der Waals surface area contributed by atoms with Crippen LogP contribution in [0.4, 0.5) is 4.39 Å². The van der Waals surface area contributed by atoms with Gasteiger partial charge >= 0.3 is 0 Å². The van der Waals surface area contributed by atoms with Gasteiger partial charge in [0, 0.05) is 19.0 Å². The third-order valence-electron chi connectivity index (χ3n) is 2.96. The SMILES string of the molecule is Cc1ccc(F)cc1CN(C)CC(C)/C(N)=N/O. The van der Waals surface area contributed by atoms with E-state index in [1.807, 2.05) is 25.8 Å². The summed E-state index contributed by atoms with van der Waals surface area (Å²) >= 11 is 0. The third kappa shape index (κ3) is 4.00. The molecule has 1 aromatic rings. The van der Waals surface area contributed by atoms with Gasteiger partial charge in [0.2, 0.25) is 0 Å². The minimum atomic E-state index is -0.228. The maximum absolute atomic E-state index is 13.2. The fourth-order valence-electron chi connectivity index (χ4n) is 1.83. The van der Waals surface area contributed by atoms with Crippen LogP contribution in [0, 0.1) is 18.7 Å². The van der Waals surface area contributed by atoms with Gasteiger partial charge in [-0.25, -0.2) is 4.39 Å². The Bertz CT molecular complexity index is 434. The zero-order chi connectivity index (χ0) is 13.7. The Balaban J connectivity index is 2.64. The van der Waals surface area contributed by atoms with Crippen molar-refractivity contribution in [1.29, 1.82) is 0 Å². The zero-order valence-corrected chi connectivity index (χ0v) is 11.0. The van der Waals surface area contributed by atoms with Crippen LogP contribution in [0.25, 0.3) is 0 Å². The number of halogens is 1. The molecule has 4 nitrogen and oxygen atoms in total. The molecule has 0 aliphatic heterocycles. The Morgan fingerprint density at radius 1 is 1.56 bits per heavy atom. The molecule has 18 heavy (non-hydrogen) atoms. The molecule has 0 aliphatic rings. The van der Waals surface area contributed by atoms with E-state index >= 15 is 0 Å². The van der Waals surface area contributed by atoms with Gasteiger partial charge in [0.15, 0.2) is 0 Å². The van der Waals surface area contributed by atoms with Gasteiger partial charge < -0.3 is 15.8 Å². The number of hydrogen-bond donors (Lipinski definition) is 2. The average molecular weight is 253 g/mol. The first-order valence-electron chi connectivity index (χ1n) is 5.85. The van der Waals surface area contributed by atoms with Crippen molar-refractivity contribution in [3.63, 3.8) is 0 Å². The van der Waals surface area contributed by atoms with Crippen molar-refractivity contribution in [2.24, 2.45) is 16.8 Å². The summed E-state index contributed by atoms with van der Waals surface area (Å²) in [5.74, 6) is -0.0693. The van der Waals surface area contributed by atoms with Crippen molar-refractivity contribution < 1.29 is 9.60 Å². The Kier molecular flexibility index (Phi) is 5.09. The number of aryl methyl sites for hydroxylation is 1. The van der Waals surface area contributed by atoms with Crippen LogP contribution in [0.15, 0.2) is 23.4 Å². The normalized spacial score (nSPS) is 13.9. The number of nitrogens with two attached hydrogens (primary N) is 1. The number of rotatable bonds is 5. The van der Waals surface area contributed by atoms with Crippen LogP contribution >= 0.6 is 0 Å². The molecule has 0 aromatic heterocycles. The molecule has 1 aromatic carbocycles. The standard InChI is InChI=1S/C13H20FN3O/c1-9-4-5-12(14)6-11(9)8-17(3)7-10(2)13(15)16-18/h4-6,10,18H,7-8H2,1-3H3,(H2,15,16). The lowest BCUT2D eigenvalue weighted by molar-refractivity contribution is 0.290. The van der Waals surface area contributed by atoms with Gasteiger partial charge in [-0.2, -0.15) is 0 Å². The maximum atomic E-state index is 13.2. The quantitative estimate of drug-likeness (QED) is 0.365. The number of hydrogen-bond acceptors (Lipinski definition) is 3. The first-order chi connectivity index (χ1) is 8.43. The minimum absolute atomic E-state index is 0.0473. The number of amidine groups is 1. The zero-order valence-electron chi connectivity index (χ0n) is 11.0. The summed E-state index contributed by atoms with van der Waals surface area (Å²) in [5, 5.41) is 11.6. The molecule has 1 unspecified atom stereocenters. The van der Waals surface area contributed by atoms with E-state index in [-0.39, 0.29) is 17.6 Å².